The number of hydrazone groups is 1. The van der Waals surface area contributed by atoms with E-state index in [0.717, 1.165) is 34.1 Å². The molecule has 13 heteroatoms. The van der Waals surface area contributed by atoms with Crippen LogP contribution in [0, 0.1) is 11.6 Å². The van der Waals surface area contributed by atoms with Crippen LogP contribution in [0.5, 0.6) is 11.5 Å². The molecule has 0 atom stereocenters. The van der Waals surface area contributed by atoms with Crippen LogP contribution in [0.4, 0.5) is 20.4 Å². The number of carbonyl (C=O) groups excluding carboxylic acids is 1. The van der Waals surface area contributed by atoms with E-state index in [-0.39, 0.29) is 16.9 Å². The number of benzene rings is 2. The van der Waals surface area contributed by atoms with Crippen LogP contribution in [0.1, 0.15) is 12.5 Å². The quantitative estimate of drug-likeness (QED) is 0.186. The summed E-state index contributed by atoms with van der Waals surface area (Å²) in [5.41, 5.74) is 3.58. The van der Waals surface area contributed by atoms with Crippen LogP contribution in [0.2, 0.25) is 0 Å². The van der Waals surface area contributed by atoms with Crippen molar-refractivity contribution in [3.8, 4) is 11.5 Å². The van der Waals surface area contributed by atoms with Gasteiger partial charge in [-0.15, -0.1) is 10.2 Å². The highest BCUT2D eigenvalue weighted by Gasteiger charge is 2.15. The number of nitrogens with zero attached hydrogens (tertiary/aromatic N) is 4. The maximum atomic E-state index is 13.7. The van der Waals surface area contributed by atoms with Gasteiger partial charge in [0.15, 0.2) is 11.5 Å². The number of anilines is 2. The second-order valence-electron chi connectivity index (χ2n) is 6.49. The predicted octanol–water partition coefficient (Wildman–Crippen LogP) is 2.85. The molecule has 1 heterocycles. The molecule has 4 N–H and O–H groups in total. The molecule has 0 radical (unpaired) electrons. The first-order chi connectivity index (χ1) is 15.8. The van der Waals surface area contributed by atoms with Crippen LogP contribution in [-0.4, -0.2) is 46.5 Å². The maximum Gasteiger partial charge on any atom is 0.264 e. The first-order valence-corrected chi connectivity index (χ1v) is 10.4. The summed E-state index contributed by atoms with van der Waals surface area (Å²) in [6.07, 6.45) is 0. The molecule has 1 amide bonds. The Kier molecular flexibility index (Phi) is 7.66. The predicted molar refractivity (Wildman–Crippen MR) is 121 cm³/mol. The van der Waals surface area contributed by atoms with Crippen LogP contribution in [0.3, 0.4) is 0 Å². The Morgan fingerprint density at radius 1 is 1.15 bits per heavy atom. The first-order valence-electron chi connectivity index (χ1n) is 9.44. The third-order valence-electron chi connectivity index (χ3n) is 4.35. The van der Waals surface area contributed by atoms with Crippen molar-refractivity contribution in [2.45, 2.75) is 12.1 Å². The van der Waals surface area contributed by atoms with Gasteiger partial charge in [-0.2, -0.15) is 5.10 Å². The third-order valence-corrected chi connectivity index (χ3v) is 5.29. The van der Waals surface area contributed by atoms with E-state index < -0.39 is 23.2 Å². The zero-order valence-corrected chi connectivity index (χ0v) is 18.7. The summed E-state index contributed by atoms with van der Waals surface area (Å²) in [7, 11) is 3.08. The largest absolute Gasteiger partial charge is 0.493 e. The number of rotatable bonds is 9. The number of nitrogen functional groups attached to an aromatic ring is 1. The summed E-state index contributed by atoms with van der Waals surface area (Å²) < 4.78 is 38.9. The molecule has 10 nitrogen and oxygen atoms in total. The maximum absolute atomic E-state index is 13.7. The highest BCUT2D eigenvalue weighted by atomic mass is 32.2. The molecular formula is C20H21F2N7O3S. The van der Waals surface area contributed by atoms with Crippen LogP contribution in [-0.2, 0) is 4.79 Å². The SMILES string of the molecule is COc1ccc(/C(C)=N/Nc2nnc(SCC(=O)Nc3c(F)cccc3F)n2N)cc1OC. The highest BCUT2D eigenvalue weighted by molar-refractivity contribution is 7.99. The van der Waals surface area contributed by atoms with Gasteiger partial charge in [0.1, 0.15) is 17.3 Å². The van der Waals surface area contributed by atoms with Crippen LogP contribution in [0.15, 0.2) is 46.7 Å². The molecule has 3 rings (SSSR count). The minimum absolute atomic E-state index is 0.123. The number of thioether (sulfide) groups is 1. The summed E-state index contributed by atoms with van der Waals surface area (Å²) >= 11 is 0.935. The van der Waals surface area contributed by atoms with Gasteiger partial charge in [-0.1, -0.05) is 17.8 Å². The Hall–Kier alpha value is -3.87. The van der Waals surface area contributed by atoms with Gasteiger partial charge in [0.2, 0.25) is 11.1 Å². The Morgan fingerprint density at radius 3 is 2.52 bits per heavy atom. The normalized spacial score (nSPS) is 11.2. The van der Waals surface area contributed by atoms with E-state index in [9.17, 15) is 13.6 Å². The smallest absolute Gasteiger partial charge is 0.264 e. The fraction of sp³-hybridized carbons (Fsp3) is 0.200. The highest BCUT2D eigenvalue weighted by Crippen LogP contribution is 2.28. The Morgan fingerprint density at radius 2 is 1.85 bits per heavy atom. The molecule has 3 aromatic rings. The number of ether oxygens (including phenoxy) is 2. The molecule has 0 aliphatic rings. The van der Waals surface area contributed by atoms with Gasteiger partial charge in [-0.05, 0) is 37.3 Å². The van der Waals surface area contributed by atoms with Crippen molar-refractivity contribution >= 4 is 35.0 Å². The van der Waals surface area contributed by atoms with Crippen molar-refractivity contribution in [2.24, 2.45) is 5.10 Å². The second-order valence-corrected chi connectivity index (χ2v) is 7.43. The van der Waals surface area contributed by atoms with E-state index in [1.807, 2.05) is 6.07 Å². The molecule has 33 heavy (non-hydrogen) atoms. The lowest BCUT2D eigenvalue weighted by molar-refractivity contribution is -0.113. The molecule has 0 fully saturated rings. The lowest BCUT2D eigenvalue weighted by Gasteiger charge is -2.09. The van der Waals surface area contributed by atoms with E-state index >= 15 is 0 Å². The van der Waals surface area contributed by atoms with Gasteiger partial charge in [0.25, 0.3) is 5.95 Å². The number of nitrogens with one attached hydrogen (secondary N) is 2. The van der Waals surface area contributed by atoms with Crippen LogP contribution >= 0.6 is 11.8 Å². The standard InChI is InChI=1S/C20H21F2N7O3S/c1-11(12-7-8-15(31-2)16(9-12)32-3)25-26-19-27-28-20(29(19)23)33-10-17(30)24-18-13(21)5-4-6-14(18)22/h4-9H,10,23H2,1-3H3,(H,24,30)(H,26,27)/b25-11+. The van der Waals surface area contributed by atoms with Gasteiger partial charge in [-0.3, -0.25) is 4.79 Å². The summed E-state index contributed by atoms with van der Waals surface area (Å²) in [6.45, 7) is 1.77. The monoisotopic (exact) mass is 477 g/mol. The fourth-order valence-corrected chi connectivity index (χ4v) is 3.29. The molecule has 0 unspecified atom stereocenters. The topological polar surface area (TPSA) is 129 Å². The van der Waals surface area contributed by atoms with Crippen LogP contribution in [0.25, 0.3) is 0 Å². The molecule has 0 bridgehead atoms. The lowest BCUT2D eigenvalue weighted by atomic mass is 10.1. The van der Waals surface area contributed by atoms with Crippen molar-refractivity contribution in [3.63, 3.8) is 0 Å². The number of hydrogen-bond acceptors (Lipinski definition) is 9. The van der Waals surface area contributed by atoms with E-state index in [4.69, 9.17) is 15.3 Å². The minimum Gasteiger partial charge on any atom is -0.493 e. The average Bonchev–Trinajstić information content (AvgIpc) is 3.17. The molecule has 0 aliphatic heterocycles. The second kappa shape index (κ2) is 10.6. The molecule has 0 spiro atoms. The molecular weight excluding hydrogens is 456 g/mol. The summed E-state index contributed by atoms with van der Waals surface area (Å²) in [4.78, 5) is 12.1. The Bertz CT molecular complexity index is 1170. The number of para-hydroxylation sites is 1. The average molecular weight is 477 g/mol. The Balaban J connectivity index is 1.62. The van der Waals surface area contributed by atoms with Gasteiger partial charge in [0.05, 0.1) is 25.7 Å². The zero-order chi connectivity index (χ0) is 24.0. The summed E-state index contributed by atoms with van der Waals surface area (Å²) in [5.74, 6) is 4.64. The van der Waals surface area contributed by atoms with Crippen LogP contribution < -0.4 is 26.1 Å². The van der Waals surface area contributed by atoms with Gasteiger partial charge >= 0.3 is 0 Å². The molecule has 0 aliphatic carbocycles. The van der Waals surface area contributed by atoms with E-state index in [2.05, 4.69) is 26.0 Å². The Labute approximate surface area is 192 Å². The molecule has 0 saturated carbocycles. The van der Waals surface area contributed by atoms with Gasteiger partial charge in [-0.25, -0.2) is 18.9 Å². The molecule has 2 aromatic carbocycles. The number of nitrogens with two attached hydrogens (primary N) is 1. The molecule has 0 saturated heterocycles. The van der Waals surface area contributed by atoms with E-state index in [0.29, 0.717) is 17.2 Å². The minimum atomic E-state index is -0.871. The van der Waals surface area contributed by atoms with E-state index in [1.165, 1.54) is 13.2 Å². The number of aromatic nitrogens is 3. The zero-order valence-electron chi connectivity index (χ0n) is 17.9. The number of carbonyl (C=O) groups is 1. The van der Waals surface area contributed by atoms with Crippen molar-refractivity contribution in [1.82, 2.24) is 14.9 Å². The van der Waals surface area contributed by atoms with Crippen molar-refractivity contribution in [1.29, 1.82) is 0 Å². The number of methoxy groups -OCH3 is 2. The number of hydrogen-bond donors (Lipinski definition) is 3. The van der Waals surface area contributed by atoms with Crippen molar-refractivity contribution in [2.75, 3.05) is 36.6 Å². The van der Waals surface area contributed by atoms with E-state index in [1.54, 1.807) is 26.2 Å². The van der Waals surface area contributed by atoms with Crippen molar-refractivity contribution < 1.29 is 23.0 Å². The lowest BCUT2D eigenvalue weighted by Crippen LogP contribution is -2.18. The van der Waals surface area contributed by atoms with Crippen molar-refractivity contribution in [3.05, 3.63) is 53.6 Å². The van der Waals surface area contributed by atoms with Gasteiger partial charge < -0.3 is 20.6 Å². The van der Waals surface area contributed by atoms with Gasteiger partial charge in [0, 0.05) is 5.56 Å². The number of halogens is 2. The first kappa shape index (κ1) is 23.8. The molecule has 1 aromatic heterocycles. The summed E-state index contributed by atoms with van der Waals surface area (Å²) in [5, 5.41) is 14.4. The third kappa shape index (κ3) is 5.68. The fourth-order valence-electron chi connectivity index (χ4n) is 2.63. The molecule has 174 valence electrons. The number of amides is 1. The summed E-state index contributed by atoms with van der Waals surface area (Å²) in [6, 6.07) is 8.63.